The molecule has 1 aromatic carbocycles. The van der Waals surface area contributed by atoms with Crippen molar-refractivity contribution in [3.63, 3.8) is 0 Å². The molecular weight excluding hydrogens is 436 g/mol. The lowest BCUT2D eigenvalue weighted by Crippen LogP contribution is -2.23. The van der Waals surface area contributed by atoms with Crippen LogP contribution in [0.4, 0.5) is 17.6 Å². The Balaban J connectivity index is 1.77. The first-order valence-electron chi connectivity index (χ1n) is 8.96. The van der Waals surface area contributed by atoms with E-state index in [1.165, 1.54) is 18.2 Å². The van der Waals surface area contributed by atoms with Crippen molar-refractivity contribution < 1.29 is 22.4 Å². The zero-order valence-electron chi connectivity index (χ0n) is 15.6. The first-order chi connectivity index (χ1) is 14.7. The number of carbonyl (C=O) groups excluding carboxylic acids is 1. The van der Waals surface area contributed by atoms with Gasteiger partial charge in [-0.2, -0.15) is 18.3 Å². The molecule has 0 aliphatic rings. The SMILES string of the molecule is O=C(NCc1cccnc1)c1nn2c(C(F)(F)F)cc(-c3ccc(F)cc3)cc2c1Cl. The molecule has 4 rings (SSSR count). The van der Waals surface area contributed by atoms with Gasteiger partial charge in [-0.25, -0.2) is 8.91 Å². The van der Waals surface area contributed by atoms with E-state index in [-0.39, 0.29) is 28.3 Å². The van der Waals surface area contributed by atoms with Gasteiger partial charge in [0, 0.05) is 18.9 Å². The van der Waals surface area contributed by atoms with Gasteiger partial charge in [0.05, 0.1) is 10.5 Å². The Morgan fingerprint density at radius 2 is 1.84 bits per heavy atom. The highest BCUT2D eigenvalue weighted by Gasteiger charge is 2.36. The summed E-state index contributed by atoms with van der Waals surface area (Å²) in [6, 6.07) is 10.7. The smallest absolute Gasteiger partial charge is 0.346 e. The molecular formula is C21H13ClF4N4O. The minimum Gasteiger partial charge on any atom is -0.346 e. The van der Waals surface area contributed by atoms with Crippen molar-refractivity contribution in [1.82, 2.24) is 19.9 Å². The summed E-state index contributed by atoms with van der Waals surface area (Å²) in [5, 5.41) is 6.16. The number of pyridine rings is 2. The molecule has 0 fully saturated rings. The summed E-state index contributed by atoms with van der Waals surface area (Å²) in [4.78, 5) is 16.5. The number of carbonyl (C=O) groups is 1. The van der Waals surface area contributed by atoms with E-state index < -0.39 is 23.6 Å². The van der Waals surface area contributed by atoms with Crippen LogP contribution in [0.2, 0.25) is 5.02 Å². The molecule has 31 heavy (non-hydrogen) atoms. The second-order valence-electron chi connectivity index (χ2n) is 6.64. The number of nitrogens with zero attached hydrogens (tertiary/aromatic N) is 3. The molecule has 1 N–H and O–H groups in total. The molecule has 0 aliphatic carbocycles. The highest BCUT2D eigenvalue weighted by molar-refractivity contribution is 6.36. The maximum atomic E-state index is 13.7. The van der Waals surface area contributed by atoms with Crippen LogP contribution in [-0.2, 0) is 12.7 Å². The molecule has 0 saturated carbocycles. The Hall–Kier alpha value is -3.46. The number of rotatable bonds is 4. The maximum absolute atomic E-state index is 13.7. The number of alkyl halides is 3. The molecule has 0 saturated heterocycles. The Kier molecular flexibility index (Phi) is 5.36. The molecule has 0 atom stereocenters. The average Bonchev–Trinajstić information content (AvgIpc) is 3.08. The summed E-state index contributed by atoms with van der Waals surface area (Å²) in [7, 11) is 0. The molecule has 1 amide bonds. The van der Waals surface area contributed by atoms with E-state index in [2.05, 4.69) is 15.4 Å². The van der Waals surface area contributed by atoms with Crippen LogP contribution in [0, 0.1) is 5.82 Å². The summed E-state index contributed by atoms with van der Waals surface area (Å²) in [6.07, 6.45) is -1.66. The van der Waals surface area contributed by atoms with Crippen LogP contribution in [0.3, 0.4) is 0 Å². The first-order valence-corrected chi connectivity index (χ1v) is 9.34. The number of halogens is 5. The summed E-state index contributed by atoms with van der Waals surface area (Å²) >= 11 is 6.26. The van der Waals surface area contributed by atoms with Gasteiger partial charge < -0.3 is 5.32 Å². The van der Waals surface area contributed by atoms with Gasteiger partial charge in [0.2, 0.25) is 0 Å². The molecule has 10 heteroatoms. The quantitative estimate of drug-likeness (QED) is 0.440. The molecule has 158 valence electrons. The number of hydrogen-bond donors (Lipinski definition) is 1. The van der Waals surface area contributed by atoms with E-state index in [0.29, 0.717) is 15.6 Å². The van der Waals surface area contributed by atoms with Gasteiger partial charge in [-0.05, 0) is 47.0 Å². The van der Waals surface area contributed by atoms with Crippen LogP contribution < -0.4 is 5.32 Å². The number of aromatic nitrogens is 3. The Bertz CT molecular complexity index is 1250. The topological polar surface area (TPSA) is 59.3 Å². The van der Waals surface area contributed by atoms with Crippen molar-refractivity contribution in [3.05, 3.63) is 88.7 Å². The number of hydrogen-bond acceptors (Lipinski definition) is 3. The maximum Gasteiger partial charge on any atom is 0.433 e. The van der Waals surface area contributed by atoms with E-state index in [9.17, 15) is 22.4 Å². The lowest BCUT2D eigenvalue weighted by atomic mass is 10.0. The van der Waals surface area contributed by atoms with Gasteiger partial charge in [0.25, 0.3) is 5.91 Å². The van der Waals surface area contributed by atoms with Gasteiger partial charge >= 0.3 is 6.18 Å². The zero-order valence-corrected chi connectivity index (χ0v) is 16.4. The van der Waals surface area contributed by atoms with Crippen molar-refractivity contribution >= 4 is 23.0 Å². The van der Waals surface area contributed by atoms with E-state index in [1.807, 2.05) is 0 Å². The van der Waals surface area contributed by atoms with Crippen molar-refractivity contribution in [3.8, 4) is 11.1 Å². The summed E-state index contributed by atoms with van der Waals surface area (Å²) < 4.78 is 55.0. The minimum absolute atomic E-state index is 0.0951. The number of fused-ring (bicyclic) bond motifs is 1. The van der Waals surface area contributed by atoms with E-state index in [4.69, 9.17) is 11.6 Å². The van der Waals surface area contributed by atoms with Crippen molar-refractivity contribution in [2.24, 2.45) is 0 Å². The van der Waals surface area contributed by atoms with E-state index >= 15 is 0 Å². The highest BCUT2D eigenvalue weighted by Crippen LogP contribution is 2.36. The van der Waals surface area contributed by atoms with Crippen LogP contribution in [-0.4, -0.2) is 20.5 Å². The average molecular weight is 449 g/mol. The third-order valence-electron chi connectivity index (χ3n) is 4.53. The third kappa shape index (κ3) is 4.22. The van der Waals surface area contributed by atoms with Crippen LogP contribution in [0.25, 0.3) is 16.6 Å². The van der Waals surface area contributed by atoms with Crippen LogP contribution in [0.5, 0.6) is 0 Å². The number of amides is 1. The van der Waals surface area contributed by atoms with Crippen molar-refractivity contribution in [1.29, 1.82) is 0 Å². The van der Waals surface area contributed by atoms with E-state index in [1.54, 1.807) is 24.5 Å². The predicted molar refractivity (Wildman–Crippen MR) is 106 cm³/mol. The highest BCUT2D eigenvalue weighted by atomic mass is 35.5. The fourth-order valence-corrected chi connectivity index (χ4v) is 3.30. The van der Waals surface area contributed by atoms with Gasteiger partial charge in [-0.15, -0.1) is 0 Å². The minimum atomic E-state index is -4.77. The number of nitrogens with one attached hydrogen (secondary N) is 1. The largest absolute Gasteiger partial charge is 0.433 e. The van der Waals surface area contributed by atoms with Crippen molar-refractivity contribution in [2.45, 2.75) is 12.7 Å². The third-order valence-corrected chi connectivity index (χ3v) is 4.91. The molecule has 3 heterocycles. The van der Waals surface area contributed by atoms with Crippen LogP contribution in [0.15, 0.2) is 60.9 Å². The molecule has 0 aliphatic heterocycles. The first kappa shape index (κ1) is 20.8. The normalized spacial score (nSPS) is 11.6. The summed E-state index contributed by atoms with van der Waals surface area (Å²) in [5.41, 5.74) is -0.337. The predicted octanol–water partition coefficient (Wildman–Crippen LogP) is 5.14. The Morgan fingerprint density at radius 3 is 2.48 bits per heavy atom. The standard InChI is InChI=1S/C21H13ClF4N4O/c22-18-16-8-14(13-3-5-15(23)6-4-13)9-17(21(24,25)26)30(16)29-19(18)20(31)28-11-12-2-1-7-27-10-12/h1-10H,11H2,(H,28,31). The second kappa shape index (κ2) is 7.99. The molecule has 3 aromatic heterocycles. The Morgan fingerprint density at radius 1 is 1.10 bits per heavy atom. The van der Waals surface area contributed by atoms with Gasteiger partial charge in [0.15, 0.2) is 5.69 Å². The van der Waals surface area contributed by atoms with Gasteiger partial charge in [-0.3, -0.25) is 9.78 Å². The molecule has 0 unspecified atom stereocenters. The van der Waals surface area contributed by atoms with Crippen molar-refractivity contribution in [2.75, 3.05) is 0 Å². The van der Waals surface area contributed by atoms with Crippen LogP contribution in [0.1, 0.15) is 21.7 Å². The molecule has 4 aromatic rings. The fourth-order valence-electron chi connectivity index (χ4n) is 3.04. The lowest BCUT2D eigenvalue weighted by Gasteiger charge is -2.12. The zero-order chi connectivity index (χ0) is 22.2. The van der Waals surface area contributed by atoms with Gasteiger partial charge in [0.1, 0.15) is 11.5 Å². The molecule has 5 nitrogen and oxygen atoms in total. The molecule has 0 spiro atoms. The van der Waals surface area contributed by atoms with Crippen LogP contribution >= 0.6 is 11.6 Å². The monoisotopic (exact) mass is 448 g/mol. The van der Waals surface area contributed by atoms with E-state index in [0.717, 1.165) is 18.2 Å². The molecule has 0 radical (unpaired) electrons. The number of benzene rings is 1. The summed E-state index contributed by atoms with van der Waals surface area (Å²) in [6.45, 7) is 0.101. The molecule has 0 bridgehead atoms. The fraction of sp³-hybridized carbons (Fsp3) is 0.0952. The lowest BCUT2D eigenvalue weighted by molar-refractivity contribution is -0.142. The summed E-state index contributed by atoms with van der Waals surface area (Å²) in [5.74, 6) is -1.25. The second-order valence-corrected chi connectivity index (χ2v) is 7.02. The van der Waals surface area contributed by atoms with Gasteiger partial charge in [-0.1, -0.05) is 29.8 Å². The Labute approximate surface area is 178 Å².